The fourth-order valence-corrected chi connectivity index (χ4v) is 4.77. The number of amides is 3. The van der Waals surface area contributed by atoms with Crippen molar-refractivity contribution in [2.75, 3.05) is 19.7 Å². The first kappa shape index (κ1) is 29.3. The Kier molecular flexibility index (Phi) is 9.39. The Balaban J connectivity index is 1.30. The monoisotopic (exact) mass is 557 g/mol. The molecule has 3 aromatic carbocycles. The Labute approximate surface area is 239 Å². The quantitative estimate of drug-likeness (QED) is 0.327. The highest BCUT2D eigenvalue weighted by atomic mass is 16.6. The second kappa shape index (κ2) is 13.1. The molecule has 0 aliphatic heterocycles. The van der Waals surface area contributed by atoms with Crippen molar-refractivity contribution >= 4 is 23.9 Å². The number of fused-ring (bicyclic) bond motifs is 3. The molecule has 4 rings (SSSR count). The van der Waals surface area contributed by atoms with E-state index in [-0.39, 0.29) is 32.0 Å². The summed E-state index contributed by atoms with van der Waals surface area (Å²) in [5.74, 6) is -1.82. The van der Waals surface area contributed by atoms with Gasteiger partial charge < -0.3 is 25.4 Å². The van der Waals surface area contributed by atoms with Crippen molar-refractivity contribution in [1.82, 2.24) is 16.0 Å². The molecule has 3 N–H and O–H groups in total. The topological polar surface area (TPSA) is 123 Å². The molecule has 0 heterocycles. The molecule has 9 heteroatoms. The van der Waals surface area contributed by atoms with E-state index >= 15 is 0 Å². The summed E-state index contributed by atoms with van der Waals surface area (Å²) in [5.41, 5.74) is 4.52. The maximum absolute atomic E-state index is 12.9. The molecule has 9 nitrogen and oxygen atoms in total. The van der Waals surface area contributed by atoms with Crippen molar-refractivity contribution in [2.24, 2.45) is 0 Å². The standard InChI is InChI=1S/C32H35N3O6/c1-32(2,3)41-29(37)19-33-30(38)27(17-21-11-5-4-6-12-21)35-28(36)18-34-31(39)40-20-26-24-15-9-7-13-22(24)23-14-8-10-16-25(23)26/h4-16,26-27H,17-20H2,1-3H3,(H,33,38)(H,34,39)(H,35,36). The van der Waals surface area contributed by atoms with Crippen LogP contribution in [0.15, 0.2) is 78.9 Å². The van der Waals surface area contributed by atoms with Crippen LogP contribution in [0.3, 0.4) is 0 Å². The summed E-state index contributed by atoms with van der Waals surface area (Å²) in [4.78, 5) is 50.1. The zero-order valence-electron chi connectivity index (χ0n) is 23.4. The smallest absolute Gasteiger partial charge is 0.407 e. The second-order valence-corrected chi connectivity index (χ2v) is 10.8. The van der Waals surface area contributed by atoms with Crippen LogP contribution in [0.2, 0.25) is 0 Å². The van der Waals surface area contributed by atoms with Gasteiger partial charge in [-0.25, -0.2) is 4.79 Å². The minimum Gasteiger partial charge on any atom is -0.459 e. The van der Waals surface area contributed by atoms with Crippen molar-refractivity contribution in [3.05, 3.63) is 95.6 Å². The third-order valence-electron chi connectivity index (χ3n) is 6.50. The summed E-state index contributed by atoms with van der Waals surface area (Å²) < 4.78 is 10.7. The molecular formula is C32H35N3O6. The Morgan fingerprint density at radius 3 is 1.98 bits per heavy atom. The van der Waals surface area contributed by atoms with Gasteiger partial charge in [-0.3, -0.25) is 14.4 Å². The fourth-order valence-electron chi connectivity index (χ4n) is 4.77. The van der Waals surface area contributed by atoms with Gasteiger partial charge in [0, 0.05) is 12.3 Å². The van der Waals surface area contributed by atoms with Gasteiger partial charge in [0.1, 0.15) is 31.3 Å². The van der Waals surface area contributed by atoms with Gasteiger partial charge in [0.15, 0.2) is 0 Å². The lowest BCUT2D eigenvalue weighted by Crippen LogP contribution is -2.51. The molecular weight excluding hydrogens is 522 g/mol. The third kappa shape index (κ3) is 8.17. The van der Waals surface area contributed by atoms with Crippen molar-refractivity contribution in [3.63, 3.8) is 0 Å². The molecule has 0 saturated heterocycles. The summed E-state index contributed by atoms with van der Waals surface area (Å²) in [5, 5.41) is 7.63. The van der Waals surface area contributed by atoms with Crippen molar-refractivity contribution < 1.29 is 28.7 Å². The van der Waals surface area contributed by atoms with Crippen LogP contribution < -0.4 is 16.0 Å². The number of benzene rings is 3. The summed E-state index contributed by atoms with van der Waals surface area (Å²) in [6.45, 7) is 4.58. The van der Waals surface area contributed by atoms with Gasteiger partial charge in [0.05, 0.1) is 0 Å². The molecule has 1 unspecified atom stereocenters. The van der Waals surface area contributed by atoms with Gasteiger partial charge in [-0.1, -0.05) is 78.9 Å². The minimum absolute atomic E-state index is 0.106. The maximum Gasteiger partial charge on any atom is 0.407 e. The summed E-state index contributed by atoms with van der Waals surface area (Å²) >= 11 is 0. The molecule has 1 atom stereocenters. The van der Waals surface area contributed by atoms with E-state index in [0.717, 1.165) is 27.8 Å². The highest BCUT2D eigenvalue weighted by molar-refractivity contribution is 5.91. The van der Waals surface area contributed by atoms with Gasteiger partial charge in [0.2, 0.25) is 11.8 Å². The molecule has 1 aliphatic rings. The van der Waals surface area contributed by atoms with Crippen LogP contribution in [-0.4, -0.2) is 55.2 Å². The van der Waals surface area contributed by atoms with E-state index in [0.29, 0.717) is 0 Å². The number of hydrogen-bond donors (Lipinski definition) is 3. The predicted molar refractivity (Wildman–Crippen MR) is 154 cm³/mol. The Bertz CT molecular complexity index is 1350. The van der Waals surface area contributed by atoms with Crippen LogP contribution in [0.25, 0.3) is 11.1 Å². The van der Waals surface area contributed by atoms with E-state index < -0.39 is 35.5 Å². The van der Waals surface area contributed by atoms with E-state index in [1.165, 1.54) is 0 Å². The van der Waals surface area contributed by atoms with Crippen LogP contribution >= 0.6 is 0 Å². The molecule has 0 radical (unpaired) electrons. The summed E-state index contributed by atoms with van der Waals surface area (Å²) in [6.07, 6.45) is -0.548. The average molecular weight is 558 g/mol. The Morgan fingerprint density at radius 2 is 1.37 bits per heavy atom. The van der Waals surface area contributed by atoms with Gasteiger partial charge in [-0.05, 0) is 48.6 Å². The van der Waals surface area contributed by atoms with Gasteiger partial charge in [-0.15, -0.1) is 0 Å². The number of rotatable bonds is 10. The molecule has 41 heavy (non-hydrogen) atoms. The second-order valence-electron chi connectivity index (χ2n) is 10.8. The van der Waals surface area contributed by atoms with Gasteiger partial charge in [-0.2, -0.15) is 0 Å². The highest BCUT2D eigenvalue weighted by Crippen LogP contribution is 2.44. The van der Waals surface area contributed by atoms with Crippen molar-refractivity contribution in [3.8, 4) is 11.1 Å². The largest absolute Gasteiger partial charge is 0.459 e. The van der Waals surface area contributed by atoms with Crippen LogP contribution in [0, 0.1) is 0 Å². The molecule has 0 fully saturated rings. The van der Waals surface area contributed by atoms with E-state index in [1.807, 2.05) is 78.9 Å². The van der Waals surface area contributed by atoms with Crippen LogP contribution in [0.4, 0.5) is 4.79 Å². The van der Waals surface area contributed by atoms with Crippen molar-refractivity contribution in [2.45, 2.75) is 44.8 Å². The number of esters is 1. The predicted octanol–water partition coefficient (Wildman–Crippen LogP) is 3.71. The Hall–Kier alpha value is -4.66. The lowest BCUT2D eigenvalue weighted by Gasteiger charge is -2.21. The number of carbonyl (C=O) groups excluding carboxylic acids is 4. The first-order valence-electron chi connectivity index (χ1n) is 13.5. The van der Waals surface area contributed by atoms with E-state index in [1.54, 1.807) is 20.8 Å². The minimum atomic E-state index is -0.975. The molecule has 0 saturated carbocycles. The number of nitrogens with one attached hydrogen (secondary N) is 3. The first-order chi connectivity index (χ1) is 19.6. The lowest BCUT2D eigenvalue weighted by atomic mass is 9.98. The highest BCUT2D eigenvalue weighted by Gasteiger charge is 2.29. The maximum atomic E-state index is 12.9. The van der Waals surface area contributed by atoms with Crippen LogP contribution in [-0.2, 0) is 30.3 Å². The number of ether oxygens (including phenoxy) is 2. The zero-order valence-corrected chi connectivity index (χ0v) is 23.4. The van der Waals surface area contributed by atoms with Crippen LogP contribution in [0.1, 0.15) is 43.4 Å². The van der Waals surface area contributed by atoms with Crippen molar-refractivity contribution in [1.29, 1.82) is 0 Å². The summed E-state index contributed by atoms with van der Waals surface area (Å²) in [7, 11) is 0. The number of alkyl carbamates (subject to hydrolysis) is 1. The SMILES string of the molecule is CC(C)(C)OC(=O)CNC(=O)C(Cc1ccccc1)NC(=O)CNC(=O)OCC1c2ccccc2-c2ccccc21. The normalized spacial score (nSPS) is 12.9. The zero-order chi connectivity index (χ0) is 29.4. The van der Waals surface area contributed by atoms with Gasteiger partial charge in [0.25, 0.3) is 0 Å². The van der Waals surface area contributed by atoms with E-state index in [4.69, 9.17) is 9.47 Å². The molecule has 3 amide bonds. The Morgan fingerprint density at radius 1 is 0.780 bits per heavy atom. The third-order valence-corrected chi connectivity index (χ3v) is 6.50. The molecule has 0 aromatic heterocycles. The summed E-state index contributed by atoms with van der Waals surface area (Å²) in [6, 6.07) is 24.2. The molecule has 0 spiro atoms. The van der Waals surface area contributed by atoms with E-state index in [2.05, 4.69) is 16.0 Å². The number of carbonyl (C=O) groups is 4. The van der Waals surface area contributed by atoms with Gasteiger partial charge >= 0.3 is 12.1 Å². The average Bonchev–Trinajstić information content (AvgIpc) is 3.26. The van der Waals surface area contributed by atoms with Crippen LogP contribution in [0.5, 0.6) is 0 Å². The molecule has 1 aliphatic carbocycles. The molecule has 0 bridgehead atoms. The van der Waals surface area contributed by atoms with E-state index in [9.17, 15) is 19.2 Å². The number of hydrogen-bond acceptors (Lipinski definition) is 6. The lowest BCUT2D eigenvalue weighted by molar-refractivity contribution is -0.154. The molecule has 3 aromatic rings. The first-order valence-corrected chi connectivity index (χ1v) is 13.5. The molecule has 214 valence electrons. The fraction of sp³-hybridized carbons (Fsp3) is 0.312.